The minimum Gasteiger partial charge on any atom is -0.135 e. The van der Waals surface area contributed by atoms with Crippen LogP contribution < -0.4 is 0 Å². The summed E-state index contributed by atoms with van der Waals surface area (Å²) in [6, 6.07) is 95.2. The fourth-order valence-electron chi connectivity index (χ4n) is 12.2. The van der Waals surface area contributed by atoms with Gasteiger partial charge in [0, 0.05) is 25.7 Å². The van der Waals surface area contributed by atoms with Crippen LogP contribution in [0.3, 0.4) is 0 Å². The molecule has 1 heteroatoms. The van der Waals surface area contributed by atoms with Crippen LogP contribution in [-0.2, 0) is 0 Å². The van der Waals surface area contributed by atoms with E-state index in [1.165, 1.54) is 152 Å². The topological polar surface area (TPSA) is 0 Å². The molecule has 0 fully saturated rings. The van der Waals surface area contributed by atoms with E-state index in [9.17, 15) is 0 Å². The van der Waals surface area contributed by atoms with Crippen molar-refractivity contribution in [3.63, 3.8) is 0 Å². The molecule has 0 aliphatic heterocycles. The zero-order valence-electron chi connectivity index (χ0n) is 38.7. The number of benzene rings is 13. The van der Waals surface area contributed by atoms with Crippen molar-refractivity contribution < 1.29 is 0 Å². The lowest BCUT2D eigenvalue weighted by atomic mass is 9.78. The summed E-state index contributed by atoms with van der Waals surface area (Å²) in [5.41, 5.74) is 20.0. The molecule has 0 unspecified atom stereocenters. The standard InChI is InChI=1S/C70H42S/c1-5-20-43(21-6-1)52-36-37-53(44-22-7-2-8-23-44)67-64(46-26-11-4-12-27-46)69-58-39-38-54(56-33-19-34-57(65(56)58)68(69)63(66(52)67)45-24-9-3-10-25-45)59-41-49(42-60-55-32-17-18-35-61(55)71-70(59)60)62-50-30-15-13-28-47(50)40-48-29-14-16-31-51(48)62/h1-42H. The molecule has 328 valence electrons. The van der Waals surface area contributed by atoms with E-state index in [4.69, 9.17) is 0 Å². The molecule has 0 radical (unpaired) electrons. The van der Waals surface area contributed by atoms with Crippen molar-refractivity contribution in [2.24, 2.45) is 0 Å². The lowest BCUT2D eigenvalue weighted by molar-refractivity contribution is 1.59. The first-order valence-corrected chi connectivity index (χ1v) is 25.4. The number of hydrogen-bond donors (Lipinski definition) is 0. The third-order valence-corrected chi connectivity index (χ3v) is 16.4. The Hall–Kier alpha value is -8.88. The van der Waals surface area contributed by atoms with Gasteiger partial charge in [0.05, 0.1) is 0 Å². The number of rotatable bonds is 6. The average molecular weight is 915 g/mol. The lowest BCUT2D eigenvalue weighted by Gasteiger charge is -2.25. The van der Waals surface area contributed by atoms with Crippen LogP contribution in [0.2, 0.25) is 0 Å². The van der Waals surface area contributed by atoms with Gasteiger partial charge in [0.15, 0.2) is 0 Å². The molecule has 71 heavy (non-hydrogen) atoms. The molecule has 1 aliphatic rings. The minimum atomic E-state index is 1.20. The van der Waals surface area contributed by atoms with Crippen LogP contribution in [0.4, 0.5) is 0 Å². The zero-order valence-corrected chi connectivity index (χ0v) is 39.5. The fraction of sp³-hybridized carbons (Fsp3) is 0. The maximum absolute atomic E-state index is 2.51. The molecule has 15 rings (SSSR count). The molecule has 1 heterocycles. The number of fused-ring (bicyclic) bond motifs is 9. The van der Waals surface area contributed by atoms with Gasteiger partial charge in [-0.25, -0.2) is 0 Å². The molecule has 0 amide bonds. The molecule has 0 spiro atoms. The molecule has 14 aromatic rings. The van der Waals surface area contributed by atoms with Crippen LogP contribution in [0.15, 0.2) is 255 Å². The first-order valence-electron chi connectivity index (χ1n) is 24.6. The van der Waals surface area contributed by atoms with Crippen LogP contribution in [0.5, 0.6) is 0 Å². The van der Waals surface area contributed by atoms with Gasteiger partial charge in [-0.1, -0.05) is 231 Å². The Kier molecular flexibility index (Phi) is 8.93. The number of thiophene rings is 1. The van der Waals surface area contributed by atoms with Gasteiger partial charge in [0.2, 0.25) is 0 Å². The van der Waals surface area contributed by atoms with Gasteiger partial charge in [-0.15, -0.1) is 11.3 Å². The molecular formula is C70H42S. The summed E-state index contributed by atoms with van der Waals surface area (Å²) in [6.07, 6.45) is 0. The van der Waals surface area contributed by atoms with Crippen LogP contribution >= 0.6 is 11.3 Å². The van der Waals surface area contributed by atoms with Gasteiger partial charge >= 0.3 is 0 Å². The fourth-order valence-corrected chi connectivity index (χ4v) is 13.4. The third kappa shape index (κ3) is 6.04. The minimum absolute atomic E-state index is 1.20. The summed E-state index contributed by atoms with van der Waals surface area (Å²) in [5.74, 6) is 0. The molecule has 0 nitrogen and oxygen atoms in total. The van der Waals surface area contributed by atoms with Crippen LogP contribution in [-0.4, -0.2) is 0 Å². The van der Waals surface area contributed by atoms with E-state index < -0.39 is 0 Å². The van der Waals surface area contributed by atoms with Crippen molar-refractivity contribution >= 4 is 74.6 Å². The first kappa shape index (κ1) is 40.0. The molecule has 13 aromatic carbocycles. The van der Waals surface area contributed by atoms with Crippen molar-refractivity contribution in [3.05, 3.63) is 255 Å². The summed E-state index contributed by atoms with van der Waals surface area (Å²) in [6.45, 7) is 0. The maximum atomic E-state index is 2.51. The molecule has 1 aliphatic carbocycles. The molecule has 0 saturated carbocycles. The van der Waals surface area contributed by atoms with Crippen molar-refractivity contribution in [2.75, 3.05) is 0 Å². The van der Waals surface area contributed by atoms with Crippen LogP contribution in [0, 0.1) is 0 Å². The summed E-state index contributed by atoms with van der Waals surface area (Å²) >= 11 is 1.91. The highest BCUT2D eigenvalue weighted by molar-refractivity contribution is 7.26. The Bertz CT molecular complexity index is 4280. The molecule has 0 saturated heterocycles. The van der Waals surface area contributed by atoms with E-state index in [0.29, 0.717) is 0 Å². The molecule has 1 aromatic heterocycles. The van der Waals surface area contributed by atoms with Gasteiger partial charge < -0.3 is 0 Å². The van der Waals surface area contributed by atoms with E-state index in [0.717, 1.165) is 0 Å². The smallest absolute Gasteiger partial charge is 0.0434 e. The summed E-state index contributed by atoms with van der Waals surface area (Å²) in [4.78, 5) is 0. The van der Waals surface area contributed by atoms with Crippen LogP contribution in [0.25, 0.3) is 152 Å². The van der Waals surface area contributed by atoms with Crippen molar-refractivity contribution in [1.82, 2.24) is 0 Å². The van der Waals surface area contributed by atoms with Crippen LogP contribution in [0.1, 0.15) is 0 Å². The van der Waals surface area contributed by atoms with E-state index in [2.05, 4.69) is 255 Å². The van der Waals surface area contributed by atoms with Crippen molar-refractivity contribution in [3.8, 4) is 89.0 Å². The zero-order chi connectivity index (χ0) is 46.6. The second-order valence-corrected chi connectivity index (χ2v) is 20.0. The van der Waals surface area contributed by atoms with Gasteiger partial charge in [-0.05, 0) is 151 Å². The Morgan fingerprint density at radius 1 is 0.211 bits per heavy atom. The molecule has 0 atom stereocenters. The second kappa shape index (κ2) is 15.8. The SMILES string of the molecule is c1ccc(-c2ccc(-c3ccccc3)c3c(-c4ccccc4)c4c(c(-c5ccccc5)c23)-c2cccc3c(-c5cc(-c6c7ccccc7cc7ccccc67)cc6c5sc5ccccc56)ccc-4c23)cc1. The van der Waals surface area contributed by atoms with Gasteiger partial charge in [-0.2, -0.15) is 0 Å². The van der Waals surface area contributed by atoms with E-state index in [1.807, 2.05) is 11.3 Å². The predicted octanol–water partition coefficient (Wildman–Crippen LogP) is 20.3. The molecule has 0 N–H and O–H groups in total. The third-order valence-electron chi connectivity index (χ3n) is 15.2. The second-order valence-electron chi connectivity index (χ2n) is 19.0. The van der Waals surface area contributed by atoms with Crippen molar-refractivity contribution in [1.29, 1.82) is 0 Å². The highest BCUT2D eigenvalue weighted by Crippen LogP contribution is 2.61. The van der Waals surface area contributed by atoms with Gasteiger partial charge in [0.25, 0.3) is 0 Å². The van der Waals surface area contributed by atoms with Gasteiger partial charge in [0.1, 0.15) is 0 Å². The summed E-state index contributed by atoms with van der Waals surface area (Å²) in [5, 5.41) is 12.8. The average Bonchev–Trinajstić information content (AvgIpc) is 3.99. The van der Waals surface area contributed by atoms with E-state index in [-0.39, 0.29) is 0 Å². The van der Waals surface area contributed by atoms with E-state index >= 15 is 0 Å². The normalized spacial score (nSPS) is 11.9. The molecule has 0 bridgehead atoms. The summed E-state index contributed by atoms with van der Waals surface area (Å²) in [7, 11) is 0. The van der Waals surface area contributed by atoms with Gasteiger partial charge in [-0.3, -0.25) is 0 Å². The Morgan fingerprint density at radius 2 is 0.662 bits per heavy atom. The summed E-state index contributed by atoms with van der Waals surface area (Å²) < 4.78 is 2.62. The van der Waals surface area contributed by atoms with Crippen molar-refractivity contribution in [2.45, 2.75) is 0 Å². The highest BCUT2D eigenvalue weighted by Gasteiger charge is 2.34. The van der Waals surface area contributed by atoms with E-state index in [1.54, 1.807) is 0 Å². The maximum Gasteiger partial charge on any atom is 0.0434 e. The quantitative estimate of drug-likeness (QED) is 0.146. The largest absolute Gasteiger partial charge is 0.135 e. The Labute approximate surface area is 416 Å². The molecular weight excluding hydrogens is 873 g/mol. The lowest BCUT2D eigenvalue weighted by Crippen LogP contribution is -1.97. The number of hydrogen-bond acceptors (Lipinski definition) is 1. The Morgan fingerprint density at radius 3 is 1.24 bits per heavy atom. The first-order chi connectivity index (χ1) is 35.3. The predicted molar refractivity (Wildman–Crippen MR) is 306 cm³/mol. The highest BCUT2D eigenvalue weighted by atomic mass is 32.1. The monoisotopic (exact) mass is 914 g/mol. The Balaban J connectivity index is 1.10.